The summed E-state index contributed by atoms with van der Waals surface area (Å²) in [5.74, 6) is -2.13. The van der Waals surface area contributed by atoms with E-state index in [0.29, 0.717) is 11.9 Å². The van der Waals surface area contributed by atoms with Crippen molar-refractivity contribution in [3.8, 4) is 0 Å². The van der Waals surface area contributed by atoms with Gasteiger partial charge in [-0.2, -0.15) is 0 Å². The first-order valence-corrected chi connectivity index (χ1v) is 9.20. The summed E-state index contributed by atoms with van der Waals surface area (Å²) in [4.78, 5) is 29.3. The Balaban J connectivity index is 2.13. The number of benzene rings is 1. The van der Waals surface area contributed by atoms with Crippen LogP contribution in [0.15, 0.2) is 36.4 Å². The largest absolute Gasteiger partial charge is 0.475 e. The summed E-state index contributed by atoms with van der Waals surface area (Å²) in [5, 5.41) is 34.7. The van der Waals surface area contributed by atoms with Crippen LogP contribution in [-0.2, 0) is 4.79 Å². The maximum atomic E-state index is 12.5. The van der Waals surface area contributed by atoms with Gasteiger partial charge in [0.1, 0.15) is 11.7 Å². The van der Waals surface area contributed by atoms with Gasteiger partial charge in [0.05, 0.1) is 17.6 Å². The first-order valence-electron chi connectivity index (χ1n) is 9.20. The molecule has 0 aliphatic heterocycles. The fourth-order valence-electron chi connectivity index (χ4n) is 2.85. The second kappa shape index (κ2) is 9.63. The van der Waals surface area contributed by atoms with Crippen molar-refractivity contribution in [3.05, 3.63) is 42.1 Å². The van der Waals surface area contributed by atoms with Crippen LogP contribution in [0, 0.1) is 5.92 Å². The number of hydrogen-bond donors (Lipinski definition) is 5. The number of carbonyl (C=O) groups excluding carboxylic acids is 2. The molecule has 9 heteroatoms. The molecule has 3 unspecified atom stereocenters. The van der Waals surface area contributed by atoms with E-state index in [0.717, 1.165) is 5.39 Å². The molecule has 0 spiro atoms. The van der Waals surface area contributed by atoms with Gasteiger partial charge in [-0.15, -0.1) is 0 Å². The van der Waals surface area contributed by atoms with Gasteiger partial charge in [-0.05, 0) is 31.4 Å². The molecule has 2 aromatic rings. The van der Waals surface area contributed by atoms with E-state index in [1.54, 1.807) is 18.2 Å². The van der Waals surface area contributed by atoms with Crippen molar-refractivity contribution in [3.63, 3.8) is 0 Å². The van der Waals surface area contributed by atoms with Crippen LogP contribution in [0.2, 0.25) is 0 Å². The first kappa shape index (κ1) is 21.8. The number of hydrogen-bond acceptors (Lipinski definition) is 6. The highest BCUT2D eigenvalue weighted by atomic mass is 16.4. The van der Waals surface area contributed by atoms with Gasteiger partial charge in [0, 0.05) is 5.39 Å². The highest BCUT2D eigenvalue weighted by Crippen LogP contribution is 2.12. The number of aromatic nitrogens is 1. The number of aliphatic hydroxyl groups excluding tert-OH is 1. The minimum Gasteiger partial charge on any atom is -0.426 e. The number of aliphatic hydroxyl groups is 1. The molecule has 2 rings (SSSR count). The molecule has 1 heterocycles. The Kier molecular flexibility index (Phi) is 7.50. The zero-order valence-corrected chi connectivity index (χ0v) is 16.2. The summed E-state index contributed by atoms with van der Waals surface area (Å²) in [5.41, 5.74) is 0.742. The number of carbonyl (C=O) groups is 2. The van der Waals surface area contributed by atoms with Crippen LogP contribution in [0.3, 0.4) is 0 Å². The fraction of sp³-hybridized carbons (Fsp3) is 0.421. The summed E-state index contributed by atoms with van der Waals surface area (Å²) in [6, 6.07) is 9.31. The Labute approximate surface area is 164 Å². The number of para-hydroxylation sites is 1. The molecule has 0 radical (unpaired) electrons. The third-order valence-electron chi connectivity index (χ3n) is 4.30. The molecule has 1 aromatic carbocycles. The first-order chi connectivity index (χ1) is 13.2. The SMILES string of the molecule is CC(C)CC(NC(=O)C(NC(=O)c1ccc2ccccc2n1)C(C)O)B(O)O. The Bertz CT molecular complexity index is 828. The Morgan fingerprint density at radius 1 is 1.07 bits per heavy atom. The zero-order chi connectivity index (χ0) is 20.8. The van der Waals surface area contributed by atoms with Gasteiger partial charge in [-0.25, -0.2) is 4.98 Å². The number of rotatable bonds is 8. The molecule has 3 atom stereocenters. The average Bonchev–Trinajstić information content (AvgIpc) is 2.64. The molecule has 150 valence electrons. The van der Waals surface area contributed by atoms with Crippen LogP contribution in [-0.4, -0.2) is 57.2 Å². The van der Waals surface area contributed by atoms with Crippen molar-refractivity contribution in [1.82, 2.24) is 15.6 Å². The predicted molar refractivity (Wildman–Crippen MR) is 106 cm³/mol. The van der Waals surface area contributed by atoms with Crippen molar-refractivity contribution in [2.24, 2.45) is 5.92 Å². The Morgan fingerprint density at radius 2 is 1.75 bits per heavy atom. The summed E-state index contributed by atoms with van der Waals surface area (Å²) in [6.45, 7) is 5.12. The van der Waals surface area contributed by atoms with Gasteiger partial charge in [-0.1, -0.05) is 38.1 Å². The Hall–Kier alpha value is -2.49. The molecule has 0 saturated carbocycles. The predicted octanol–water partition coefficient (Wildman–Crippen LogP) is 0.257. The lowest BCUT2D eigenvalue weighted by atomic mass is 9.75. The lowest BCUT2D eigenvalue weighted by Gasteiger charge is -2.25. The molecule has 8 nitrogen and oxygen atoms in total. The second-order valence-electron chi connectivity index (χ2n) is 7.24. The molecule has 0 aliphatic rings. The highest BCUT2D eigenvalue weighted by molar-refractivity contribution is 6.43. The summed E-state index contributed by atoms with van der Waals surface area (Å²) in [6.07, 6.45) is -0.865. The average molecular weight is 387 g/mol. The van der Waals surface area contributed by atoms with Gasteiger partial charge in [0.2, 0.25) is 5.91 Å². The van der Waals surface area contributed by atoms with Crippen LogP contribution >= 0.6 is 0 Å². The molecule has 0 bridgehead atoms. The van der Waals surface area contributed by atoms with Crippen LogP contribution in [0.5, 0.6) is 0 Å². The van der Waals surface area contributed by atoms with E-state index >= 15 is 0 Å². The van der Waals surface area contributed by atoms with Crippen LogP contribution in [0.1, 0.15) is 37.7 Å². The van der Waals surface area contributed by atoms with Crippen LogP contribution in [0.4, 0.5) is 0 Å². The summed E-state index contributed by atoms with van der Waals surface area (Å²) in [7, 11) is -1.75. The van der Waals surface area contributed by atoms with Crippen molar-refractivity contribution < 1.29 is 24.7 Å². The minimum absolute atomic E-state index is 0.105. The lowest BCUT2D eigenvalue weighted by Crippen LogP contribution is -2.57. The number of amides is 2. The molecule has 28 heavy (non-hydrogen) atoms. The number of pyridine rings is 1. The van der Waals surface area contributed by atoms with E-state index in [-0.39, 0.29) is 11.6 Å². The Morgan fingerprint density at radius 3 is 2.36 bits per heavy atom. The minimum atomic E-state index is -1.75. The summed E-state index contributed by atoms with van der Waals surface area (Å²) >= 11 is 0. The lowest BCUT2D eigenvalue weighted by molar-refractivity contribution is -0.125. The molecule has 0 aliphatic carbocycles. The van der Waals surface area contributed by atoms with Gasteiger partial charge < -0.3 is 25.8 Å². The second-order valence-corrected chi connectivity index (χ2v) is 7.24. The molecule has 0 fully saturated rings. The molecular weight excluding hydrogens is 361 g/mol. The number of nitrogens with one attached hydrogen (secondary N) is 2. The highest BCUT2D eigenvalue weighted by Gasteiger charge is 2.32. The van der Waals surface area contributed by atoms with Gasteiger partial charge in [0.15, 0.2) is 0 Å². The van der Waals surface area contributed by atoms with Gasteiger partial charge >= 0.3 is 7.12 Å². The van der Waals surface area contributed by atoms with Gasteiger partial charge in [0.25, 0.3) is 5.91 Å². The standard InChI is InChI=1S/C19H26BN3O5/c1-11(2)10-16(20(27)28)22-19(26)17(12(3)24)23-18(25)15-9-8-13-6-4-5-7-14(13)21-15/h4-9,11-12,16-17,24,27-28H,10H2,1-3H3,(H,22,26)(H,23,25). The van der Waals surface area contributed by atoms with Crippen LogP contribution < -0.4 is 10.6 Å². The number of nitrogens with zero attached hydrogens (tertiary/aromatic N) is 1. The zero-order valence-electron chi connectivity index (χ0n) is 16.2. The molecule has 0 saturated heterocycles. The smallest absolute Gasteiger partial charge is 0.426 e. The summed E-state index contributed by atoms with van der Waals surface area (Å²) < 4.78 is 0. The van der Waals surface area contributed by atoms with Crippen molar-refractivity contribution in [2.75, 3.05) is 0 Å². The van der Waals surface area contributed by atoms with Crippen LogP contribution in [0.25, 0.3) is 10.9 Å². The molecule has 5 N–H and O–H groups in total. The van der Waals surface area contributed by atoms with Crippen molar-refractivity contribution in [2.45, 2.75) is 45.3 Å². The van der Waals surface area contributed by atoms with Gasteiger partial charge in [-0.3, -0.25) is 9.59 Å². The third-order valence-corrected chi connectivity index (χ3v) is 4.30. The topological polar surface area (TPSA) is 132 Å². The number of fused-ring (bicyclic) bond motifs is 1. The monoisotopic (exact) mass is 387 g/mol. The third kappa shape index (κ3) is 5.75. The van der Waals surface area contributed by atoms with E-state index in [2.05, 4.69) is 15.6 Å². The van der Waals surface area contributed by atoms with E-state index in [4.69, 9.17) is 0 Å². The van der Waals surface area contributed by atoms with Crippen molar-refractivity contribution >= 4 is 29.8 Å². The molecule has 2 amide bonds. The van der Waals surface area contributed by atoms with E-state index in [9.17, 15) is 24.7 Å². The quantitative estimate of drug-likeness (QED) is 0.413. The van der Waals surface area contributed by atoms with E-state index in [1.165, 1.54) is 13.0 Å². The fourth-order valence-corrected chi connectivity index (χ4v) is 2.85. The van der Waals surface area contributed by atoms with E-state index < -0.39 is 37.0 Å². The maximum absolute atomic E-state index is 12.5. The maximum Gasteiger partial charge on any atom is 0.475 e. The normalized spacial score (nSPS) is 14.4. The van der Waals surface area contributed by atoms with Crippen molar-refractivity contribution in [1.29, 1.82) is 0 Å². The molecular formula is C19H26BN3O5. The molecule has 1 aromatic heterocycles. The van der Waals surface area contributed by atoms with E-state index in [1.807, 2.05) is 26.0 Å².